The van der Waals surface area contributed by atoms with Gasteiger partial charge in [0, 0.05) is 9.79 Å². The molecule has 0 atom stereocenters. The highest BCUT2D eigenvalue weighted by Crippen LogP contribution is 2.30. The van der Waals surface area contributed by atoms with Crippen molar-refractivity contribution in [2.75, 3.05) is 0 Å². The third kappa shape index (κ3) is 3.35. The summed E-state index contributed by atoms with van der Waals surface area (Å²) in [5, 5.41) is 9.97. The first kappa shape index (κ1) is 12.2. The van der Waals surface area contributed by atoms with Crippen LogP contribution >= 0.6 is 11.8 Å². The molecule has 0 fully saturated rings. The molecule has 0 saturated heterocycles. The van der Waals surface area contributed by atoms with E-state index in [0.717, 1.165) is 10.5 Å². The monoisotopic (exact) mass is 244 g/mol. The molecule has 0 spiro atoms. The van der Waals surface area contributed by atoms with Gasteiger partial charge in [0.1, 0.15) is 0 Å². The summed E-state index contributed by atoms with van der Waals surface area (Å²) in [6, 6.07) is 18.3. The van der Waals surface area contributed by atoms with Gasteiger partial charge in [-0.3, -0.25) is 0 Å². The van der Waals surface area contributed by atoms with Crippen LogP contribution in [0.2, 0.25) is 0 Å². The molecule has 0 amide bonds. The largest absolute Gasteiger partial charge is 0.386 e. The molecule has 0 radical (unpaired) electrons. The van der Waals surface area contributed by atoms with Crippen molar-refractivity contribution in [3.63, 3.8) is 0 Å². The summed E-state index contributed by atoms with van der Waals surface area (Å²) in [5.41, 5.74) is 0.159. The van der Waals surface area contributed by atoms with Gasteiger partial charge in [-0.1, -0.05) is 42.1 Å². The third-order valence-corrected chi connectivity index (χ3v) is 3.52. The number of aliphatic hydroxyl groups is 1. The summed E-state index contributed by atoms with van der Waals surface area (Å²) in [6.07, 6.45) is 0. The van der Waals surface area contributed by atoms with Crippen LogP contribution in [0.3, 0.4) is 0 Å². The molecule has 0 unspecified atom stereocenters. The van der Waals surface area contributed by atoms with Crippen LogP contribution in [0, 0.1) is 0 Å². The van der Waals surface area contributed by atoms with E-state index in [1.54, 1.807) is 25.6 Å². The van der Waals surface area contributed by atoms with Gasteiger partial charge in [-0.25, -0.2) is 0 Å². The summed E-state index contributed by atoms with van der Waals surface area (Å²) in [4.78, 5) is 2.36. The van der Waals surface area contributed by atoms with Crippen molar-refractivity contribution < 1.29 is 5.11 Å². The van der Waals surface area contributed by atoms with Gasteiger partial charge in [0.25, 0.3) is 0 Å². The van der Waals surface area contributed by atoms with Crippen molar-refractivity contribution in [2.24, 2.45) is 0 Å². The molecule has 0 saturated carbocycles. The molecule has 1 nitrogen and oxygen atoms in total. The van der Waals surface area contributed by atoms with Gasteiger partial charge in [-0.2, -0.15) is 0 Å². The molecular formula is C15H16OS. The summed E-state index contributed by atoms with van der Waals surface area (Å²) in [5.74, 6) is 0. The summed E-state index contributed by atoms with van der Waals surface area (Å²) in [7, 11) is 0. The fraction of sp³-hybridized carbons (Fsp3) is 0.200. The SMILES string of the molecule is CC(C)(O)c1cccc(Sc2ccccc2)c1. The van der Waals surface area contributed by atoms with Gasteiger partial charge in [-0.05, 0) is 43.7 Å². The van der Waals surface area contributed by atoms with Crippen LogP contribution in [0.25, 0.3) is 0 Å². The van der Waals surface area contributed by atoms with Crippen LogP contribution in [-0.4, -0.2) is 5.11 Å². The smallest absolute Gasteiger partial charge is 0.0840 e. The van der Waals surface area contributed by atoms with Crippen LogP contribution < -0.4 is 0 Å². The Balaban J connectivity index is 2.23. The van der Waals surface area contributed by atoms with Crippen molar-refractivity contribution in [1.82, 2.24) is 0 Å². The Kier molecular flexibility index (Phi) is 3.55. The average molecular weight is 244 g/mol. The first-order valence-electron chi connectivity index (χ1n) is 5.61. The molecule has 0 aliphatic heterocycles. The molecule has 0 aliphatic rings. The lowest BCUT2D eigenvalue weighted by Crippen LogP contribution is -2.15. The Bertz CT molecular complexity index is 486. The lowest BCUT2D eigenvalue weighted by molar-refractivity contribution is 0.0784. The number of benzene rings is 2. The van der Waals surface area contributed by atoms with Crippen molar-refractivity contribution >= 4 is 11.8 Å². The van der Waals surface area contributed by atoms with Crippen LogP contribution in [-0.2, 0) is 5.60 Å². The quantitative estimate of drug-likeness (QED) is 0.878. The second-order valence-corrected chi connectivity index (χ2v) is 5.65. The molecule has 1 N–H and O–H groups in total. The summed E-state index contributed by atoms with van der Waals surface area (Å²) >= 11 is 1.71. The zero-order chi connectivity index (χ0) is 12.3. The third-order valence-electron chi connectivity index (χ3n) is 2.52. The van der Waals surface area contributed by atoms with E-state index in [-0.39, 0.29) is 0 Å². The minimum absolute atomic E-state index is 0.784. The maximum absolute atomic E-state index is 9.97. The topological polar surface area (TPSA) is 20.2 Å². The fourth-order valence-electron chi connectivity index (χ4n) is 1.56. The molecule has 0 bridgehead atoms. The number of hydrogen-bond donors (Lipinski definition) is 1. The van der Waals surface area contributed by atoms with Gasteiger partial charge < -0.3 is 5.11 Å². The Labute approximate surface area is 107 Å². The predicted molar refractivity (Wildman–Crippen MR) is 72.3 cm³/mol. The second kappa shape index (κ2) is 4.94. The van der Waals surface area contributed by atoms with E-state index < -0.39 is 5.60 Å². The second-order valence-electron chi connectivity index (χ2n) is 4.50. The zero-order valence-corrected chi connectivity index (χ0v) is 10.9. The molecule has 2 aromatic rings. The molecule has 2 rings (SSSR count). The molecular weight excluding hydrogens is 228 g/mol. The van der Waals surface area contributed by atoms with Crippen molar-refractivity contribution in [3.8, 4) is 0 Å². The van der Waals surface area contributed by atoms with Crippen LogP contribution in [0.4, 0.5) is 0 Å². The molecule has 0 aliphatic carbocycles. The predicted octanol–water partition coefficient (Wildman–Crippen LogP) is 4.07. The normalized spacial score (nSPS) is 11.5. The van der Waals surface area contributed by atoms with Gasteiger partial charge in [0.2, 0.25) is 0 Å². The van der Waals surface area contributed by atoms with Gasteiger partial charge >= 0.3 is 0 Å². The van der Waals surface area contributed by atoms with Crippen molar-refractivity contribution in [2.45, 2.75) is 29.2 Å². The standard InChI is InChI=1S/C15H16OS/c1-15(2,16)12-7-6-10-14(11-12)17-13-8-4-3-5-9-13/h3-11,16H,1-2H3. The molecule has 0 heterocycles. The summed E-state index contributed by atoms with van der Waals surface area (Å²) in [6.45, 7) is 3.61. The van der Waals surface area contributed by atoms with E-state index in [4.69, 9.17) is 0 Å². The first-order chi connectivity index (χ1) is 8.05. The molecule has 17 heavy (non-hydrogen) atoms. The highest BCUT2D eigenvalue weighted by Gasteiger charge is 2.15. The maximum atomic E-state index is 9.97. The Morgan fingerprint density at radius 2 is 1.53 bits per heavy atom. The van der Waals surface area contributed by atoms with E-state index in [1.165, 1.54) is 4.90 Å². The lowest BCUT2D eigenvalue weighted by Gasteiger charge is -2.18. The van der Waals surface area contributed by atoms with Crippen molar-refractivity contribution in [3.05, 3.63) is 60.2 Å². The van der Waals surface area contributed by atoms with Gasteiger partial charge in [0.15, 0.2) is 0 Å². The lowest BCUT2D eigenvalue weighted by atomic mass is 9.99. The highest BCUT2D eigenvalue weighted by molar-refractivity contribution is 7.99. The minimum Gasteiger partial charge on any atom is -0.386 e. The highest BCUT2D eigenvalue weighted by atomic mass is 32.2. The molecule has 88 valence electrons. The maximum Gasteiger partial charge on any atom is 0.0840 e. The van der Waals surface area contributed by atoms with Crippen LogP contribution in [0.15, 0.2) is 64.4 Å². The first-order valence-corrected chi connectivity index (χ1v) is 6.43. The van der Waals surface area contributed by atoms with E-state index in [1.807, 2.05) is 36.4 Å². The number of rotatable bonds is 3. The van der Waals surface area contributed by atoms with E-state index >= 15 is 0 Å². The van der Waals surface area contributed by atoms with E-state index in [9.17, 15) is 5.11 Å². The van der Waals surface area contributed by atoms with Crippen LogP contribution in [0.5, 0.6) is 0 Å². The van der Waals surface area contributed by atoms with Crippen LogP contribution in [0.1, 0.15) is 19.4 Å². The molecule has 2 heteroatoms. The summed E-state index contributed by atoms with van der Waals surface area (Å²) < 4.78 is 0. The number of hydrogen-bond acceptors (Lipinski definition) is 2. The molecule has 2 aromatic carbocycles. The zero-order valence-electron chi connectivity index (χ0n) is 10.1. The van der Waals surface area contributed by atoms with E-state index in [0.29, 0.717) is 0 Å². The Hall–Kier alpha value is -1.25. The van der Waals surface area contributed by atoms with E-state index in [2.05, 4.69) is 18.2 Å². The minimum atomic E-state index is -0.784. The Morgan fingerprint density at radius 3 is 2.18 bits per heavy atom. The average Bonchev–Trinajstić information content (AvgIpc) is 2.29. The molecule has 0 aromatic heterocycles. The van der Waals surface area contributed by atoms with Gasteiger partial charge in [-0.15, -0.1) is 0 Å². The fourth-order valence-corrected chi connectivity index (χ4v) is 2.46. The van der Waals surface area contributed by atoms with Gasteiger partial charge in [0.05, 0.1) is 5.60 Å². The van der Waals surface area contributed by atoms with Crippen molar-refractivity contribution in [1.29, 1.82) is 0 Å². The Morgan fingerprint density at radius 1 is 0.882 bits per heavy atom.